The number of hydrogen-bond acceptors (Lipinski definition) is 3. The zero-order chi connectivity index (χ0) is 11.4. The van der Waals surface area contributed by atoms with Gasteiger partial charge >= 0.3 is 0 Å². The fourth-order valence-electron chi connectivity index (χ4n) is 1.74. The molecule has 0 saturated heterocycles. The maximum atomic E-state index is 4.44. The van der Waals surface area contributed by atoms with Crippen molar-refractivity contribution in [1.82, 2.24) is 20.1 Å². The zero-order valence-electron chi connectivity index (χ0n) is 9.59. The van der Waals surface area contributed by atoms with Crippen molar-refractivity contribution < 1.29 is 0 Å². The van der Waals surface area contributed by atoms with Gasteiger partial charge in [0.15, 0.2) is 0 Å². The molecule has 2 aromatic heterocycles. The lowest BCUT2D eigenvalue weighted by molar-refractivity contribution is 0.599. The number of nitrogens with zero attached hydrogens (tertiary/aromatic N) is 3. The summed E-state index contributed by atoms with van der Waals surface area (Å²) in [5.41, 5.74) is 2.23. The molecule has 0 bridgehead atoms. The monoisotopic (exact) mass is 216 g/mol. The van der Waals surface area contributed by atoms with Crippen LogP contribution in [-0.2, 0) is 7.05 Å². The average Bonchev–Trinajstić information content (AvgIpc) is 2.74. The van der Waals surface area contributed by atoms with Crippen LogP contribution in [0.15, 0.2) is 36.8 Å². The van der Waals surface area contributed by atoms with E-state index in [9.17, 15) is 0 Å². The highest BCUT2D eigenvalue weighted by Gasteiger charge is 2.14. The minimum atomic E-state index is 0.147. The first-order chi connectivity index (χ1) is 7.81. The van der Waals surface area contributed by atoms with Crippen molar-refractivity contribution in [2.24, 2.45) is 7.05 Å². The summed E-state index contributed by atoms with van der Waals surface area (Å²) in [4.78, 5) is 4.03. The molecule has 2 heterocycles. The van der Waals surface area contributed by atoms with E-state index in [1.807, 2.05) is 48.5 Å². The molecule has 1 N–H and O–H groups in total. The first-order valence-electron chi connectivity index (χ1n) is 5.44. The number of aryl methyl sites for hydroxylation is 1. The average molecular weight is 216 g/mol. The van der Waals surface area contributed by atoms with Crippen LogP contribution in [0, 0.1) is 0 Å². The van der Waals surface area contributed by atoms with Crippen molar-refractivity contribution >= 4 is 0 Å². The summed E-state index contributed by atoms with van der Waals surface area (Å²) < 4.78 is 1.82. The molecule has 0 fully saturated rings. The predicted molar refractivity (Wildman–Crippen MR) is 63.0 cm³/mol. The van der Waals surface area contributed by atoms with Crippen LogP contribution in [0.25, 0.3) is 0 Å². The van der Waals surface area contributed by atoms with Crippen molar-refractivity contribution in [1.29, 1.82) is 0 Å². The van der Waals surface area contributed by atoms with E-state index < -0.39 is 0 Å². The minimum absolute atomic E-state index is 0.147. The summed E-state index contributed by atoms with van der Waals surface area (Å²) in [7, 11) is 1.93. The molecule has 0 aromatic carbocycles. The van der Waals surface area contributed by atoms with Gasteiger partial charge in [0.1, 0.15) is 0 Å². The molecule has 0 radical (unpaired) electrons. The predicted octanol–water partition coefficient (Wildman–Crippen LogP) is 1.51. The Balaban J connectivity index is 2.31. The van der Waals surface area contributed by atoms with E-state index in [0.29, 0.717) is 0 Å². The largest absolute Gasteiger partial charge is 0.305 e. The van der Waals surface area contributed by atoms with Gasteiger partial charge in [0, 0.05) is 25.6 Å². The lowest BCUT2D eigenvalue weighted by Gasteiger charge is -2.15. The van der Waals surface area contributed by atoms with Gasteiger partial charge in [-0.25, -0.2) is 0 Å². The van der Waals surface area contributed by atoms with E-state index in [0.717, 1.165) is 12.2 Å². The van der Waals surface area contributed by atoms with Crippen LogP contribution in [0.5, 0.6) is 0 Å². The standard InChI is InChI=1S/C12H16N4/c1-3-14-12(10-4-7-13-8-5-10)11-6-9-16(2)15-11/h4-9,12,14H,3H2,1-2H3. The van der Waals surface area contributed by atoms with Crippen molar-refractivity contribution in [2.45, 2.75) is 13.0 Å². The number of aromatic nitrogens is 3. The Morgan fingerprint density at radius 2 is 2.06 bits per heavy atom. The van der Waals surface area contributed by atoms with Crippen LogP contribution < -0.4 is 5.32 Å². The first kappa shape index (κ1) is 10.8. The van der Waals surface area contributed by atoms with E-state index >= 15 is 0 Å². The summed E-state index contributed by atoms with van der Waals surface area (Å²) in [6.45, 7) is 3.00. The zero-order valence-corrected chi connectivity index (χ0v) is 9.59. The summed E-state index contributed by atoms with van der Waals surface area (Å²) in [6.07, 6.45) is 5.58. The quantitative estimate of drug-likeness (QED) is 0.842. The van der Waals surface area contributed by atoms with E-state index in [4.69, 9.17) is 0 Å². The van der Waals surface area contributed by atoms with Gasteiger partial charge in [0.05, 0.1) is 11.7 Å². The van der Waals surface area contributed by atoms with Crippen molar-refractivity contribution in [2.75, 3.05) is 6.54 Å². The molecule has 0 amide bonds. The van der Waals surface area contributed by atoms with Gasteiger partial charge in [-0.3, -0.25) is 9.67 Å². The summed E-state index contributed by atoms with van der Waals surface area (Å²) >= 11 is 0. The molecule has 4 heteroatoms. The van der Waals surface area contributed by atoms with Gasteiger partial charge in [-0.1, -0.05) is 6.92 Å². The molecule has 0 aliphatic rings. The van der Waals surface area contributed by atoms with Gasteiger partial charge in [0.25, 0.3) is 0 Å². The molecule has 1 atom stereocenters. The fourth-order valence-corrected chi connectivity index (χ4v) is 1.74. The van der Waals surface area contributed by atoms with Gasteiger partial charge in [0.2, 0.25) is 0 Å². The van der Waals surface area contributed by atoms with Gasteiger partial charge in [-0.15, -0.1) is 0 Å². The SMILES string of the molecule is CCNC(c1ccncc1)c1ccn(C)n1. The lowest BCUT2D eigenvalue weighted by Crippen LogP contribution is -2.22. The highest BCUT2D eigenvalue weighted by atomic mass is 15.3. The molecule has 1 unspecified atom stereocenters. The molecule has 4 nitrogen and oxygen atoms in total. The Labute approximate surface area is 95.3 Å². The normalized spacial score (nSPS) is 12.6. The number of pyridine rings is 1. The molecule has 0 aliphatic heterocycles. The topological polar surface area (TPSA) is 42.7 Å². The van der Waals surface area contributed by atoms with Crippen molar-refractivity contribution in [3.8, 4) is 0 Å². The Hall–Kier alpha value is -1.68. The van der Waals surface area contributed by atoms with E-state index in [1.54, 1.807) is 0 Å². The third-order valence-corrected chi connectivity index (χ3v) is 2.48. The van der Waals surface area contributed by atoms with Crippen LogP contribution in [-0.4, -0.2) is 21.3 Å². The van der Waals surface area contributed by atoms with Crippen LogP contribution in [0.2, 0.25) is 0 Å². The fraction of sp³-hybridized carbons (Fsp3) is 0.333. The number of rotatable bonds is 4. The van der Waals surface area contributed by atoms with E-state index in [-0.39, 0.29) is 6.04 Å². The van der Waals surface area contributed by atoms with Crippen LogP contribution in [0.3, 0.4) is 0 Å². The number of nitrogens with one attached hydrogen (secondary N) is 1. The molecule has 0 saturated carbocycles. The van der Waals surface area contributed by atoms with Crippen LogP contribution >= 0.6 is 0 Å². The summed E-state index contributed by atoms with van der Waals surface area (Å²) in [5.74, 6) is 0. The molecular formula is C12H16N4. The van der Waals surface area contributed by atoms with Crippen molar-refractivity contribution in [3.63, 3.8) is 0 Å². The third kappa shape index (κ3) is 2.28. The molecule has 16 heavy (non-hydrogen) atoms. The van der Waals surface area contributed by atoms with Crippen molar-refractivity contribution in [3.05, 3.63) is 48.0 Å². The smallest absolute Gasteiger partial charge is 0.0839 e. The molecule has 0 aliphatic carbocycles. The maximum absolute atomic E-state index is 4.44. The Morgan fingerprint density at radius 1 is 1.31 bits per heavy atom. The van der Waals surface area contributed by atoms with Gasteiger partial charge in [-0.2, -0.15) is 5.10 Å². The second kappa shape index (κ2) is 4.90. The summed E-state index contributed by atoms with van der Waals surface area (Å²) in [6, 6.07) is 6.21. The summed E-state index contributed by atoms with van der Waals surface area (Å²) in [5, 5.41) is 7.86. The molecular weight excluding hydrogens is 200 g/mol. The van der Waals surface area contributed by atoms with Crippen LogP contribution in [0.4, 0.5) is 0 Å². The Bertz CT molecular complexity index is 435. The molecule has 2 rings (SSSR count). The highest BCUT2D eigenvalue weighted by Crippen LogP contribution is 2.19. The van der Waals surface area contributed by atoms with E-state index in [1.165, 1.54) is 5.56 Å². The molecule has 0 spiro atoms. The maximum Gasteiger partial charge on any atom is 0.0839 e. The minimum Gasteiger partial charge on any atom is -0.305 e. The van der Waals surface area contributed by atoms with Gasteiger partial charge < -0.3 is 5.32 Å². The third-order valence-electron chi connectivity index (χ3n) is 2.48. The lowest BCUT2D eigenvalue weighted by atomic mass is 10.1. The van der Waals surface area contributed by atoms with E-state index in [2.05, 4.69) is 22.3 Å². The Morgan fingerprint density at radius 3 is 2.62 bits per heavy atom. The second-order valence-electron chi connectivity index (χ2n) is 3.69. The first-order valence-corrected chi connectivity index (χ1v) is 5.44. The highest BCUT2D eigenvalue weighted by molar-refractivity contribution is 5.24. The Kier molecular flexibility index (Phi) is 3.31. The van der Waals surface area contributed by atoms with Crippen LogP contribution in [0.1, 0.15) is 24.2 Å². The second-order valence-corrected chi connectivity index (χ2v) is 3.69. The van der Waals surface area contributed by atoms with Gasteiger partial charge in [-0.05, 0) is 30.3 Å². The molecule has 2 aromatic rings. The number of hydrogen-bond donors (Lipinski definition) is 1. The molecule has 84 valence electrons.